The van der Waals surface area contributed by atoms with E-state index in [1.807, 2.05) is 0 Å². The number of nitrogens with two attached hydrogens (primary N) is 1. The van der Waals surface area contributed by atoms with Gasteiger partial charge in [0.1, 0.15) is 0 Å². The molecule has 0 spiro atoms. The van der Waals surface area contributed by atoms with E-state index in [4.69, 9.17) is 10.3 Å². The zero-order valence-electron chi connectivity index (χ0n) is 8.44. The smallest absolute Gasteiger partial charge is 0.321 e. The van der Waals surface area contributed by atoms with Crippen LogP contribution in [0.5, 0.6) is 0 Å². The minimum absolute atomic E-state index is 0.221. The van der Waals surface area contributed by atoms with Gasteiger partial charge in [0.2, 0.25) is 11.2 Å². The second-order valence-corrected chi connectivity index (χ2v) is 2.97. The normalized spacial score (nSPS) is 10.0. The summed E-state index contributed by atoms with van der Waals surface area (Å²) in [7, 11) is 3.58. The Morgan fingerprint density at radius 3 is 2.79 bits per heavy atom. The Morgan fingerprint density at radius 2 is 2.36 bits per heavy atom. The number of anilines is 1. The summed E-state index contributed by atoms with van der Waals surface area (Å²) in [4.78, 5) is 12.3. The molecule has 0 aromatic carbocycles. The zero-order chi connectivity index (χ0) is 10.7. The van der Waals surface area contributed by atoms with Crippen LogP contribution in [0.1, 0.15) is 12.6 Å². The minimum atomic E-state index is -0.221. The van der Waals surface area contributed by atoms with Crippen LogP contribution in [0.25, 0.3) is 0 Å². The van der Waals surface area contributed by atoms with Gasteiger partial charge in [-0.2, -0.15) is 5.01 Å². The van der Waals surface area contributed by atoms with Crippen LogP contribution in [0, 0.1) is 0 Å². The largest absolute Gasteiger partial charge is 0.321 e. The van der Waals surface area contributed by atoms with Crippen LogP contribution < -0.4 is 20.9 Å². The van der Waals surface area contributed by atoms with Gasteiger partial charge >= 0.3 is 11.6 Å². The van der Waals surface area contributed by atoms with Gasteiger partial charge in [-0.05, 0) is 0 Å². The Balaban J connectivity index is 3.01. The van der Waals surface area contributed by atoms with Crippen LogP contribution in [0.4, 0.5) is 5.88 Å². The molecule has 7 heteroatoms. The number of nitrogens with zero attached hydrogens (tertiary/aromatic N) is 3. The summed E-state index contributed by atoms with van der Waals surface area (Å²) in [6, 6.07) is 0. The molecule has 3 N–H and O–H groups in total. The van der Waals surface area contributed by atoms with Crippen molar-refractivity contribution in [1.29, 1.82) is 0 Å². The maximum absolute atomic E-state index is 10.8. The number of hydrogen-bond acceptors (Lipinski definition) is 5. The van der Waals surface area contributed by atoms with Crippen molar-refractivity contribution in [1.82, 2.24) is 5.27 Å². The summed E-state index contributed by atoms with van der Waals surface area (Å²) in [6.45, 7) is 1.63. The van der Waals surface area contributed by atoms with E-state index in [0.29, 0.717) is 5.69 Å². The van der Waals surface area contributed by atoms with Crippen LogP contribution in [0.3, 0.4) is 0 Å². The van der Waals surface area contributed by atoms with Gasteiger partial charge in [0, 0.05) is 6.92 Å². The van der Waals surface area contributed by atoms with E-state index < -0.39 is 0 Å². The Hall–Kier alpha value is -1.63. The summed E-state index contributed by atoms with van der Waals surface area (Å²) < 4.78 is 4.92. The molecule has 0 aliphatic carbocycles. The van der Waals surface area contributed by atoms with E-state index in [0.717, 1.165) is 0 Å². The Labute approximate surface area is 81.4 Å². The predicted octanol–water partition coefficient (Wildman–Crippen LogP) is -1.42. The fourth-order valence-corrected chi connectivity index (χ4v) is 1.02. The number of carbonyl (C=O) groups is 1. The fourth-order valence-electron chi connectivity index (χ4n) is 1.02. The molecule has 0 aliphatic rings. The third-order valence-electron chi connectivity index (χ3n) is 1.57. The predicted molar refractivity (Wildman–Crippen MR) is 49.0 cm³/mol. The van der Waals surface area contributed by atoms with Gasteiger partial charge in [0.15, 0.2) is 0 Å². The SMILES string of the molecule is CC(=O)Nc1on[n+](N(C)C)c1CN. The lowest BCUT2D eigenvalue weighted by Gasteiger charge is -1.99. The van der Waals surface area contributed by atoms with Crippen molar-refractivity contribution in [3.05, 3.63) is 5.69 Å². The van der Waals surface area contributed by atoms with E-state index in [9.17, 15) is 4.79 Å². The molecule has 1 aromatic heterocycles. The van der Waals surface area contributed by atoms with Crippen molar-refractivity contribution in [3.8, 4) is 0 Å². The number of aromatic nitrogens is 2. The van der Waals surface area contributed by atoms with E-state index in [-0.39, 0.29) is 18.3 Å². The lowest BCUT2D eigenvalue weighted by atomic mass is 10.4. The molecular weight excluding hydrogens is 186 g/mol. The molecular formula is C7H14N5O2+. The second kappa shape index (κ2) is 4.05. The van der Waals surface area contributed by atoms with Crippen molar-refractivity contribution >= 4 is 11.8 Å². The van der Waals surface area contributed by atoms with Crippen molar-refractivity contribution < 1.29 is 14.1 Å². The van der Waals surface area contributed by atoms with Gasteiger partial charge in [0.05, 0.1) is 25.4 Å². The topological polar surface area (TPSA) is 88.3 Å². The summed E-state index contributed by atoms with van der Waals surface area (Å²) >= 11 is 0. The van der Waals surface area contributed by atoms with Gasteiger partial charge in [-0.1, -0.05) is 0 Å². The van der Waals surface area contributed by atoms with Crippen LogP contribution in [-0.2, 0) is 11.3 Å². The summed E-state index contributed by atoms with van der Waals surface area (Å²) in [6.07, 6.45) is 0. The number of carbonyl (C=O) groups excluding carboxylic acids is 1. The molecule has 1 amide bonds. The lowest BCUT2D eigenvalue weighted by molar-refractivity contribution is -0.759. The second-order valence-electron chi connectivity index (χ2n) is 2.97. The Kier molecular flexibility index (Phi) is 3.03. The first-order valence-electron chi connectivity index (χ1n) is 4.12. The number of hydrogen-bond donors (Lipinski definition) is 2. The van der Waals surface area contributed by atoms with E-state index in [1.54, 1.807) is 19.1 Å². The number of amides is 1. The molecule has 1 aromatic rings. The minimum Gasteiger partial charge on any atom is -0.321 e. The quantitative estimate of drug-likeness (QED) is 0.584. The van der Waals surface area contributed by atoms with Crippen molar-refractivity contribution in [2.24, 2.45) is 5.73 Å². The van der Waals surface area contributed by atoms with E-state index in [2.05, 4.69) is 10.6 Å². The Morgan fingerprint density at radius 1 is 1.71 bits per heavy atom. The molecule has 7 nitrogen and oxygen atoms in total. The zero-order valence-corrected chi connectivity index (χ0v) is 8.44. The first kappa shape index (κ1) is 10.5. The average molecular weight is 200 g/mol. The first-order valence-corrected chi connectivity index (χ1v) is 4.12. The molecule has 1 rings (SSSR count). The maximum atomic E-state index is 10.8. The highest BCUT2D eigenvalue weighted by atomic mass is 16.5. The highest BCUT2D eigenvalue weighted by Crippen LogP contribution is 2.08. The van der Waals surface area contributed by atoms with Crippen molar-refractivity contribution in [2.75, 3.05) is 24.4 Å². The van der Waals surface area contributed by atoms with Crippen LogP contribution in [0.2, 0.25) is 0 Å². The highest BCUT2D eigenvalue weighted by molar-refractivity contribution is 5.87. The van der Waals surface area contributed by atoms with Gasteiger partial charge in [-0.25, -0.2) is 0 Å². The third-order valence-corrected chi connectivity index (χ3v) is 1.57. The molecule has 0 saturated heterocycles. The Bertz CT molecular complexity index is 333. The van der Waals surface area contributed by atoms with Gasteiger partial charge in [0.25, 0.3) is 0 Å². The molecule has 0 fully saturated rings. The highest BCUT2D eigenvalue weighted by Gasteiger charge is 2.26. The molecule has 14 heavy (non-hydrogen) atoms. The summed E-state index contributed by atoms with van der Waals surface area (Å²) in [5, 5.41) is 7.91. The van der Waals surface area contributed by atoms with Gasteiger partial charge < -0.3 is 5.73 Å². The van der Waals surface area contributed by atoms with Crippen molar-refractivity contribution in [2.45, 2.75) is 13.5 Å². The van der Waals surface area contributed by atoms with E-state index >= 15 is 0 Å². The van der Waals surface area contributed by atoms with E-state index in [1.165, 1.54) is 11.7 Å². The molecule has 0 atom stereocenters. The molecule has 0 bridgehead atoms. The van der Waals surface area contributed by atoms with Gasteiger partial charge in [-0.15, -0.1) is 0 Å². The standard InChI is InChI=1S/C7H13N5O2/c1-5(13)9-7-6(4-8)12(10-14-7)11(2)3/h4,8H2,1-3H3/p+1. The molecule has 0 radical (unpaired) electrons. The third kappa shape index (κ3) is 1.99. The monoisotopic (exact) mass is 200 g/mol. The molecule has 1 heterocycles. The number of rotatable bonds is 3. The fraction of sp³-hybridized carbons (Fsp3) is 0.571. The van der Waals surface area contributed by atoms with Crippen LogP contribution in [0.15, 0.2) is 4.52 Å². The first-order chi connectivity index (χ1) is 6.56. The lowest BCUT2D eigenvalue weighted by Crippen LogP contribution is -2.57. The average Bonchev–Trinajstić information content (AvgIpc) is 2.46. The molecule has 78 valence electrons. The summed E-state index contributed by atoms with van der Waals surface area (Å²) in [5.41, 5.74) is 6.13. The maximum Gasteiger partial charge on any atom is 0.321 e. The van der Waals surface area contributed by atoms with Crippen molar-refractivity contribution in [3.63, 3.8) is 0 Å². The summed E-state index contributed by atoms with van der Waals surface area (Å²) in [5.74, 6) is 0.0652. The molecule has 0 aliphatic heterocycles. The number of nitrogens with one attached hydrogen (secondary N) is 1. The molecule has 0 saturated carbocycles. The molecule has 0 unspecified atom stereocenters. The van der Waals surface area contributed by atoms with Gasteiger partial charge in [-0.3, -0.25) is 14.6 Å². The van der Waals surface area contributed by atoms with Crippen LogP contribution >= 0.6 is 0 Å². The van der Waals surface area contributed by atoms with Crippen LogP contribution in [-0.4, -0.2) is 25.3 Å².